The van der Waals surface area contributed by atoms with Gasteiger partial charge >= 0.3 is 0 Å². The Hall–Kier alpha value is -2.07. The Morgan fingerprint density at radius 1 is 1.19 bits per heavy atom. The third-order valence-corrected chi connectivity index (χ3v) is 3.67. The second-order valence-corrected chi connectivity index (χ2v) is 5.71. The highest BCUT2D eigenvalue weighted by Crippen LogP contribution is 2.29. The van der Waals surface area contributed by atoms with Gasteiger partial charge in [-0.3, -0.25) is 4.57 Å². The van der Waals surface area contributed by atoms with Gasteiger partial charge in [-0.05, 0) is 36.4 Å². The van der Waals surface area contributed by atoms with Crippen molar-refractivity contribution in [2.75, 3.05) is 5.73 Å². The fourth-order valence-corrected chi connectivity index (χ4v) is 2.57. The van der Waals surface area contributed by atoms with Gasteiger partial charge < -0.3 is 5.73 Å². The number of halogens is 2. The lowest BCUT2D eigenvalue weighted by Crippen LogP contribution is -2.03. The lowest BCUT2D eigenvalue weighted by molar-refractivity contribution is 0.627. The van der Waals surface area contributed by atoms with Gasteiger partial charge in [-0.1, -0.05) is 25.4 Å². The van der Waals surface area contributed by atoms with Gasteiger partial charge in [0.2, 0.25) is 0 Å². The Morgan fingerprint density at radius 2 is 1.95 bits per heavy atom. The lowest BCUT2D eigenvalue weighted by Gasteiger charge is -2.12. The van der Waals surface area contributed by atoms with Crippen LogP contribution in [0.4, 0.5) is 10.1 Å². The number of anilines is 1. The van der Waals surface area contributed by atoms with Gasteiger partial charge in [0.25, 0.3) is 0 Å². The Kier molecular flexibility index (Phi) is 3.33. The van der Waals surface area contributed by atoms with Crippen LogP contribution in [0, 0.1) is 5.82 Å². The molecule has 0 saturated heterocycles. The molecule has 2 N–H and O–H groups in total. The molecule has 0 fully saturated rings. The summed E-state index contributed by atoms with van der Waals surface area (Å²) >= 11 is 5.91. The van der Waals surface area contributed by atoms with Gasteiger partial charge in [-0.2, -0.15) is 0 Å². The van der Waals surface area contributed by atoms with Crippen molar-refractivity contribution in [3.05, 3.63) is 53.1 Å². The zero-order valence-electron chi connectivity index (χ0n) is 11.8. The summed E-state index contributed by atoms with van der Waals surface area (Å²) in [6, 6.07) is 10.3. The fourth-order valence-electron chi connectivity index (χ4n) is 2.40. The SMILES string of the molecule is CC(C)c1nc2cc(N)ccc2n1-c1ccc(F)c(Cl)c1. The van der Waals surface area contributed by atoms with E-state index in [-0.39, 0.29) is 10.9 Å². The van der Waals surface area contributed by atoms with Crippen LogP contribution in [-0.4, -0.2) is 9.55 Å². The van der Waals surface area contributed by atoms with E-state index in [2.05, 4.69) is 18.8 Å². The molecule has 108 valence electrons. The molecule has 5 heteroatoms. The average Bonchev–Trinajstić information content (AvgIpc) is 2.80. The van der Waals surface area contributed by atoms with Crippen molar-refractivity contribution in [1.82, 2.24) is 9.55 Å². The first-order valence-electron chi connectivity index (χ1n) is 6.70. The maximum Gasteiger partial charge on any atom is 0.141 e. The third kappa shape index (κ3) is 2.36. The van der Waals surface area contributed by atoms with Crippen molar-refractivity contribution < 1.29 is 4.39 Å². The first-order valence-corrected chi connectivity index (χ1v) is 7.08. The third-order valence-electron chi connectivity index (χ3n) is 3.38. The second-order valence-electron chi connectivity index (χ2n) is 5.31. The van der Waals surface area contributed by atoms with Crippen LogP contribution in [-0.2, 0) is 0 Å². The molecule has 3 rings (SSSR count). The predicted molar refractivity (Wildman–Crippen MR) is 84.5 cm³/mol. The lowest BCUT2D eigenvalue weighted by atomic mass is 10.2. The number of aromatic nitrogens is 2. The molecule has 0 amide bonds. The van der Waals surface area contributed by atoms with Crippen LogP contribution in [0.3, 0.4) is 0 Å². The van der Waals surface area contributed by atoms with E-state index in [9.17, 15) is 4.39 Å². The highest BCUT2D eigenvalue weighted by atomic mass is 35.5. The maximum absolute atomic E-state index is 13.4. The number of hydrogen-bond acceptors (Lipinski definition) is 2. The summed E-state index contributed by atoms with van der Waals surface area (Å²) in [5.41, 5.74) is 9.02. The molecule has 1 aromatic heterocycles. The van der Waals surface area contributed by atoms with E-state index in [4.69, 9.17) is 17.3 Å². The second kappa shape index (κ2) is 5.04. The molecule has 0 saturated carbocycles. The quantitative estimate of drug-likeness (QED) is 0.707. The molecule has 0 aliphatic carbocycles. The zero-order chi connectivity index (χ0) is 15.1. The molecule has 0 atom stereocenters. The highest BCUT2D eigenvalue weighted by molar-refractivity contribution is 6.30. The number of nitrogen functional groups attached to an aromatic ring is 1. The predicted octanol–water partition coefficient (Wildman–Crippen LogP) is 4.52. The van der Waals surface area contributed by atoms with Gasteiger partial charge in [-0.15, -0.1) is 0 Å². The van der Waals surface area contributed by atoms with Crippen LogP contribution in [0.5, 0.6) is 0 Å². The number of benzene rings is 2. The van der Waals surface area contributed by atoms with Crippen LogP contribution in [0.15, 0.2) is 36.4 Å². The standard InChI is InChI=1S/C16H15ClFN3/c1-9(2)16-20-14-7-10(19)3-6-15(14)21(16)11-4-5-13(18)12(17)8-11/h3-9H,19H2,1-2H3. The molecule has 21 heavy (non-hydrogen) atoms. The molecule has 1 heterocycles. The molecule has 3 nitrogen and oxygen atoms in total. The molecule has 0 bridgehead atoms. The minimum atomic E-state index is -0.430. The largest absolute Gasteiger partial charge is 0.399 e. The maximum atomic E-state index is 13.4. The summed E-state index contributed by atoms with van der Waals surface area (Å²) < 4.78 is 15.4. The summed E-state index contributed by atoms with van der Waals surface area (Å²) in [5, 5.41) is 0.0968. The summed E-state index contributed by atoms with van der Waals surface area (Å²) in [5.74, 6) is 0.668. The molecular formula is C16H15ClFN3. The molecule has 2 aromatic carbocycles. The number of hydrogen-bond donors (Lipinski definition) is 1. The molecule has 0 aliphatic rings. The van der Waals surface area contributed by atoms with Gasteiger partial charge in [-0.25, -0.2) is 9.37 Å². The Labute approximate surface area is 127 Å². The van der Waals surface area contributed by atoms with E-state index in [1.54, 1.807) is 12.1 Å². The summed E-state index contributed by atoms with van der Waals surface area (Å²) in [7, 11) is 0. The van der Waals surface area contributed by atoms with Crippen LogP contribution in [0.2, 0.25) is 5.02 Å². The Bertz CT molecular complexity index is 824. The van der Waals surface area contributed by atoms with Crippen molar-refractivity contribution in [3.8, 4) is 5.69 Å². The first kappa shape index (κ1) is 13.9. The number of nitrogens with zero attached hydrogens (tertiary/aromatic N) is 2. The number of imidazole rings is 1. The zero-order valence-corrected chi connectivity index (χ0v) is 12.5. The normalized spacial score (nSPS) is 11.5. The molecule has 3 aromatic rings. The fraction of sp³-hybridized carbons (Fsp3) is 0.188. The summed E-state index contributed by atoms with van der Waals surface area (Å²) in [4.78, 5) is 4.65. The van der Waals surface area contributed by atoms with E-state index in [1.165, 1.54) is 6.07 Å². The van der Waals surface area contributed by atoms with Gasteiger partial charge in [0.05, 0.1) is 16.1 Å². The van der Waals surface area contributed by atoms with Crippen molar-refractivity contribution in [3.63, 3.8) is 0 Å². The number of fused-ring (bicyclic) bond motifs is 1. The minimum absolute atomic E-state index is 0.0968. The van der Waals surface area contributed by atoms with E-state index in [1.807, 2.05) is 22.8 Å². The molecule has 0 radical (unpaired) electrons. The van der Waals surface area contributed by atoms with Crippen LogP contribution < -0.4 is 5.73 Å². The van der Waals surface area contributed by atoms with Crippen molar-refractivity contribution in [1.29, 1.82) is 0 Å². The summed E-state index contributed by atoms with van der Waals surface area (Å²) in [6.07, 6.45) is 0. The van der Waals surface area contributed by atoms with Crippen molar-refractivity contribution in [2.45, 2.75) is 19.8 Å². The van der Waals surface area contributed by atoms with Gasteiger partial charge in [0.1, 0.15) is 11.6 Å². The Balaban J connectivity index is 2.33. The molecule has 0 spiro atoms. The van der Waals surface area contributed by atoms with Crippen molar-refractivity contribution in [2.24, 2.45) is 0 Å². The Morgan fingerprint density at radius 3 is 2.62 bits per heavy atom. The molecule has 0 aliphatic heterocycles. The van der Waals surface area contributed by atoms with E-state index < -0.39 is 5.82 Å². The van der Waals surface area contributed by atoms with Crippen LogP contribution in [0.1, 0.15) is 25.6 Å². The number of nitrogens with two attached hydrogens (primary N) is 1. The van der Waals surface area contributed by atoms with Crippen LogP contribution >= 0.6 is 11.6 Å². The molecular weight excluding hydrogens is 289 g/mol. The highest BCUT2D eigenvalue weighted by Gasteiger charge is 2.16. The van der Waals surface area contributed by atoms with Gasteiger partial charge in [0, 0.05) is 17.3 Å². The minimum Gasteiger partial charge on any atom is -0.399 e. The molecule has 0 unspecified atom stereocenters. The first-order chi connectivity index (χ1) is 9.97. The van der Waals surface area contributed by atoms with E-state index >= 15 is 0 Å². The average molecular weight is 304 g/mol. The monoisotopic (exact) mass is 303 g/mol. The smallest absolute Gasteiger partial charge is 0.141 e. The van der Waals surface area contributed by atoms with Crippen LogP contribution in [0.25, 0.3) is 16.7 Å². The topological polar surface area (TPSA) is 43.8 Å². The number of rotatable bonds is 2. The van der Waals surface area contributed by atoms with E-state index in [0.29, 0.717) is 5.69 Å². The van der Waals surface area contributed by atoms with E-state index in [0.717, 1.165) is 22.5 Å². The summed E-state index contributed by atoms with van der Waals surface area (Å²) in [6.45, 7) is 4.12. The van der Waals surface area contributed by atoms with Gasteiger partial charge in [0.15, 0.2) is 0 Å². The van der Waals surface area contributed by atoms with Crippen molar-refractivity contribution >= 4 is 28.3 Å².